The van der Waals surface area contributed by atoms with Gasteiger partial charge < -0.3 is 4.90 Å². The van der Waals surface area contributed by atoms with Crippen LogP contribution in [0.15, 0.2) is 52.3 Å². The topological polar surface area (TPSA) is 21.1 Å². The van der Waals surface area contributed by atoms with Gasteiger partial charge in [0.2, 0.25) is 0 Å². The number of aromatic nitrogens is 2. The van der Waals surface area contributed by atoms with Gasteiger partial charge in [-0.3, -0.25) is 4.68 Å². The van der Waals surface area contributed by atoms with Crippen molar-refractivity contribution in [2.45, 2.75) is 30.2 Å². The Morgan fingerprint density at radius 1 is 1.00 bits per heavy atom. The maximum absolute atomic E-state index is 4.98. The lowest BCUT2D eigenvalue weighted by molar-refractivity contribution is 0.287. The van der Waals surface area contributed by atoms with Crippen molar-refractivity contribution in [2.24, 2.45) is 0 Å². The summed E-state index contributed by atoms with van der Waals surface area (Å²) >= 11 is 1.86. The molecule has 23 heavy (non-hydrogen) atoms. The number of hydrogen-bond acceptors (Lipinski definition) is 3. The van der Waals surface area contributed by atoms with E-state index >= 15 is 0 Å². The van der Waals surface area contributed by atoms with Crippen LogP contribution in [0.2, 0.25) is 0 Å². The molecule has 0 atom stereocenters. The Kier molecular flexibility index (Phi) is 3.87. The summed E-state index contributed by atoms with van der Waals surface area (Å²) in [6.07, 6.45) is 0. The molecule has 3 aromatic rings. The fourth-order valence-electron chi connectivity index (χ4n) is 3.29. The molecule has 4 rings (SSSR count). The van der Waals surface area contributed by atoms with Gasteiger partial charge in [-0.25, -0.2) is 0 Å². The van der Waals surface area contributed by atoms with Crippen LogP contribution in [0.3, 0.4) is 0 Å². The quantitative estimate of drug-likeness (QED) is 0.539. The summed E-state index contributed by atoms with van der Waals surface area (Å²) in [6, 6.07) is 15.2. The van der Waals surface area contributed by atoms with Crippen LogP contribution < -0.4 is 0 Å². The van der Waals surface area contributed by atoms with Gasteiger partial charge in [-0.05, 0) is 31.3 Å². The van der Waals surface area contributed by atoms with Crippen LogP contribution in [0.5, 0.6) is 0 Å². The molecule has 0 saturated carbocycles. The lowest BCUT2D eigenvalue weighted by atomic mass is 10.1. The average molecular weight is 323 g/mol. The van der Waals surface area contributed by atoms with E-state index in [1.165, 1.54) is 26.3 Å². The summed E-state index contributed by atoms with van der Waals surface area (Å²) in [5.74, 6) is 0. The van der Waals surface area contributed by atoms with Crippen LogP contribution >= 0.6 is 11.8 Å². The highest BCUT2D eigenvalue weighted by atomic mass is 32.2. The molecule has 1 aliphatic rings. The van der Waals surface area contributed by atoms with Crippen LogP contribution in [0.4, 0.5) is 0 Å². The standard InChI is InChI=1S/C19H21N3S/c1-3-21(4-2)12-13-22-15-9-7-11-17-18(15)19(20-22)14-8-5-6-10-16(14)23-17/h5-11H,3-4,12-13H2,1-2H3. The van der Waals surface area contributed by atoms with Crippen LogP contribution in [0.25, 0.3) is 22.2 Å². The molecule has 4 heteroatoms. The number of nitrogens with zero attached hydrogens (tertiary/aromatic N) is 3. The molecule has 0 aliphatic carbocycles. The predicted molar refractivity (Wildman–Crippen MR) is 97.1 cm³/mol. The fraction of sp³-hybridized carbons (Fsp3) is 0.316. The number of benzene rings is 2. The zero-order chi connectivity index (χ0) is 15.8. The Morgan fingerprint density at radius 3 is 2.61 bits per heavy atom. The second-order valence-electron chi connectivity index (χ2n) is 5.85. The molecule has 118 valence electrons. The molecule has 3 nitrogen and oxygen atoms in total. The Hall–Kier alpha value is -1.78. The number of fused-ring (bicyclic) bond motifs is 2. The highest BCUT2D eigenvalue weighted by Crippen LogP contribution is 2.47. The Labute approximate surface area is 141 Å². The van der Waals surface area contributed by atoms with Gasteiger partial charge in [-0.15, -0.1) is 0 Å². The SMILES string of the molecule is CCN(CC)CCn1nc2c3c(cccc31)Sc1ccccc1-2. The van der Waals surface area contributed by atoms with Gasteiger partial charge in [0, 0.05) is 27.3 Å². The number of rotatable bonds is 5. The minimum Gasteiger partial charge on any atom is -0.302 e. The van der Waals surface area contributed by atoms with Crippen molar-refractivity contribution in [1.82, 2.24) is 14.7 Å². The number of likely N-dealkylation sites (N-methyl/N-ethyl adjacent to an activating group) is 1. The van der Waals surface area contributed by atoms with Crippen molar-refractivity contribution < 1.29 is 0 Å². The van der Waals surface area contributed by atoms with E-state index in [-0.39, 0.29) is 0 Å². The molecule has 2 aromatic carbocycles. The van der Waals surface area contributed by atoms with Crippen LogP contribution in [-0.4, -0.2) is 34.3 Å². The van der Waals surface area contributed by atoms with Crippen molar-refractivity contribution >= 4 is 22.7 Å². The second-order valence-corrected chi connectivity index (χ2v) is 6.93. The first-order chi connectivity index (χ1) is 11.3. The minimum atomic E-state index is 0.939. The van der Waals surface area contributed by atoms with Gasteiger partial charge in [0.1, 0.15) is 5.69 Å². The molecule has 0 amide bonds. The Bertz CT molecular complexity index is 849. The zero-order valence-electron chi connectivity index (χ0n) is 13.6. The van der Waals surface area contributed by atoms with E-state index in [0.717, 1.165) is 31.9 Å². The molecular formula is C19H21N3S. The van der Waals surface area contributed by atoms with E-state index in [0.29, 0.717) is 0 Å². The lowest BCUT2D eigenvalue weighted by Crippen LogP contribution is -2.27. The molecule has 0 radical (unpaired) electrons. The highest BCUT2D eigenvalue weighted by Gasteiger charge is 2.23. The third-order valence-corrected chi connectivity index (χ3v) is 5.76. The molecule has 2 heterocycles. The Balaban J connectivity index is 1.80. The van der Waals surface area contributed by atoms with Crippen molar-refractivity contribution in [3.63, 3.8) is 0 Å². The monoisotopic (exact) mass is 323 g/mol. The molecule has 0 fully saturated rings. The van der Waals surface area contributed by atoms with E-state index in [9.17, 15) is 0 Å². The summed E-state index contributed by atoms with van der Waals surface area (Å²) in [7, 11) is 0. The van der Waals surface area contributed by atoms with E-state index in [1.54, 1.807) is 0 Å². The van der Waals surface area contributed by atoms with E-state index < -0.39 is 0 Å². The fourth-order valence-corrected chi connectivity index (χ4v) is 4.40. The molecule has 1 aliphatic heterocycles. The van der Waals surface area contributed by atoms with Crippen LogP contribution in [-0.2, 0) is 6.54 Å². The second kappa shape index (κ2) is 6.02. The van der Waals surface area contributed by atoms with Gasteiger partial charge >= 0.3 is 0 Å². The molecule has 1 aromatic heterocycles. The summed E-state index contributed by atoms with van der Waals surface area (Å²) < 4.78 is 2.19. The van der Waals surface area contributed by atoms with Crippen molar-refractivity contribution in [1.29, 1.82) is 0 Å². The maximum Gasteiger partial charge on any atom is 0.102 e. The maximum atomic E-state index is 4.98. The summed E-state index contributed by atoms with van der Waals surface area (Å²) in [5, 5.41) is 6.29. The van der Waals surface area contributed by atoms with E-state index in [1.807, 2.05) is 11.8 Å². The van der Waals surface area contributed by atoms with E-state index in [4.69, 9.17) is 5.10 Å². The largest absolute Gasteiger partial charge is 0.302 e. The van der Waals surface area contributed by atoms with Gasteiger partial charge in [-0.2, -0.15) is 5.10 Å². The van der Waals surface area contributed by atoms with Gasteiger partial charge in [0.05, 0.1) is 12.1 Å². The van der Waals surface area contributed by atoms with Crippen LogP contribution in [0, 0.1) is 0 Å². The first-order valence-electron chi connectivity index (χ1n) is 8.31. The molecule has 0 N–H and O–H groups in total. The van der Waals surface area contributed by atoms with Crippen molar-refractivity contribution in [3.8, 4) is 11.3 Å². The van der Waals surface area contributed by atoms with Gasteiger partial charge in [-0.1, -0.05) is 49.9 Å². The van der Waals surface area contributed by atoms with Crippen LogP contribution in [0.1, 0.15) is 13.8 Å². The minimum absolute atomic E-state index is 0.939. The first kappa shape index (κ1) is 14.8. The predicted octanol–water partition coefficient (Wildman–Crippen LogP) is 4.51. The summed E-state index contributed by atoms with van der Waals surface area (Å²) in [6.45, 7) is 8.60. The third kappa shape index (κ3) is 2.46. The summed E-state index contributed by atoms with van der Waals surface area (Å²) in [4.78, 5) is 5.08. The number of hydrogen-bond donors (Lipinski definition) is 0. The molecular weight excluding hydrogens is 302 g/mol. The summed E-state index contributed by atoms with van der Waals surface area (Å²) in [5.41, 5.74) is 3.67. The van der Waals surface area contributed by atoms with Crippen molar-refractivity contribution in [2.75, 3.05) is 19.6 Å². The van der Waals surface area contributed by atoms with Gasteiger partial charge in [0.15, 0.2) is 0 Å². The third-order valence-electron chi connectivity index (χ3n) is 4.62. The molecule has 0 spiro atoms. The Morgan fingerprint density at radius 2 is 1.78 bits per heavy atom. The first-order valence-corrected chi connectivity index (χ1v) is 9.12. The average Bonchev–Trinajstić information content (AvgIpc) is 2.97. The molecule has 0 saturated heterocycles. The lowest BCUT2D eigenvalue weighted by Gasteiger charge is -2.17. The normalized spacial score (nSPS) is 12.8. The smallest absolute Gasteiger partial charge is 0.102 e. The highest BCUT2D eigenvalue weighted by molar-refractivity contribution is 7.99. The zero-order valence-corrected chi connectivity index (χ0v) is 14.4. The van der Waals surface area contributed by atoms with Crippen molar-refractivity contribution in [3.05, 3.63) is 42.5 Å². The van der Waals surface area contributed by atoms with E-state index in [2.05, 4.69) is 65.9 Å². The molecule has 0 unspecified atom stereocenters. The molecule has 0 bridgehead atoms. The van der Waals surface area contributed by atoms with Gasteiger partial charge in [0.25, 0.3) is 0 Å².